The maximum Gasteiger partial charge on any atom is 0.126 e. The van der Waals surface area contributed by atoms with E-state index < -0.39 is 5.83 Å². The van der Waals surface area contributed by atoms with Crippen LogP contribution >= 0.6 is 0 Å². The van der Waals surface area contributed by atoms with Crippen LogP contribution in [0, 0.1) is 0 Å². The van der Waals surface area contributed by atoms with E-state index in [1.807, 2.05) is 0 Å². The van der Waals surface area contributed by atoms with Gasteiger partial charge in [0.05, 0.1) is 6.61 Å². The van der Waals surface area contributed by atoms with Crippen molar-refractivity contribution in [3.8, 4) is 0 Å². The summed E-state index contributed by atoms with van der Waals surface area (Å²) in [6.07, 6.45) is 2.92. The van der Waals surface area contributed by atoms with Gasteiger partial charge in [0.1, 0.15) is 5.83 Å². The van der Waals surface area contributed by atoms with Crippen LogP contribution in [0.1, 0.15) is 13.3 Å². The highest BCUT2D eigenvalue weighted by molar-refractivity contribution is 5.28. The van der Waals surface area contributed by atoms with Crippen molar-refractivity contribution in [1.82, 2.24) is 0 Å². The second-order valence-electron chi connectivity index (χ2n) is 2.67. The van der Waals surface area contributed by atoms with Crippen LogP contribution in [0.15, 0.2) is 35.7 Å². The Kier molecular flexibility index (Phi) is 6.10. The molecule has 0 aliphatic rings. The van der Waals surface area contributed by atoms with Crippen molar-refractivity contribution in [2.24, 2.45) is 0 Å². The van der Waals surface area contributed by atoms with E-state index in [1.54, 1.807) is 6.92 Å². The number of rotatable bonds is 5. The molecule has 2 N–H and O–H groups in total. The lowest BCUT2D eigenvalue weighted by Crippen LogP contribution is -1.94. The third kappa shape index (κ3) is 4.60. The molecule has 0 aromatic heterocycles. The number of hydrogen-bond acceptors (Lipinski definition) is 2. The predicted octanol–water partition coefficient (Wildman–Crippen LogP) is 1.72. The largest absolute Gasteiger partial charge is 0.396 e. The van der Waals surface area contributed by atoms with Crippen LogP contribution in [0.2, 0.25) is 0 Å². The molecule has 0 saturated heterocycles. The second-order valence-corrected chi connectivity index (χ2v) is 2.67. The molecule has 0 aromatic carbocycles. The molecule has 2 nitrogen and oxygen atoms in total. The van der Waals surface area contributed by atoms with Gasteiger partial charge in [-0.1, -0.05) is 12.7 Å². The van der Waals surface area contributed by atoms with E-state index in [1.165, 1.54) is 12.2 Å². The zero-order valence-corrected chi connectivity index (χ0v) is 7.76. The highest BCUT2D eigenvalue weighted by Gasteiger charge is 1.99. The van der Waals surface area contributed by atoms with Crippen LogP contribution in [-0.2, 0) is 0 Å². The van der Waals surface area contributed by atoms with Crippen LogP contribution in [-0.4, -0.2) is 23.4 Å². The molecule has 0 heterocycles. The molecule has 74 valence electrons. The summed E-state index contributed by atoms with van der Waals surface area (Å²) in [5.41, 5.74) is 0.894. The molecule has 0 rings (SSSR count). The highest BCUT2D eigenvalue weighted by atomic mass is 19.1. The molecule has 0 unspecified atom stereocenters. The molecule has 0 aliphatic carbocycles. The zero-order valence-electron chi connectivity index (χ0n) is 7.76. The van der Waals surface area contributed by atoms with Crippen molar-refractivity contribution >= 4 is 0 Å². The summed E-state index contributed by atoms with van der Waals surface area (Å²) in [5, 5.41) is 17.3. The molecule has 0 saturated carbocycles. The molecule has 0 spiro atoms. The number of aliphatic hydroxyl groups excluding tert-OH is 2. The van der Waals surface area contributed by atoms with E-state index in [9.17, 15) is 4.39 Å². The molecule has 13 heavy (non-hydrogen) atoms. The van der Waals surface area contributed by atoms with Gasteiger partial charge >= 0.3 is 0 Å². The van der Waals surface area contributed by atoms with E-state index >= 15 is 0 Å². The fraction of sp³-hybridized carbons (Fsp3) is 0.400. The Hall–Kier alpha value is -0.930. The van der Waals surface area contributed by atoms with Gasteiger partial charge in [0.25, 0.3) is 0 Å². The summed E-state index contributed by atoms with van der Waals surface area (Å²) in [6, 6.07) is 0. The van der Waals surface area contributed by atoms with Crippen LogP contribution in [0.4, 0.5) is 4.39 Å². The Labute approximate surface area is 77.7 Å². The molecule has 0 amide bonds. The summed E-state index contributed by atoms with van der Waals surface area (Å²) in [6.45, 7) is 4.68. The molecule has 0 aromatic rings. The molecule has 0 bridgehead atoms. The average Bonchev–Trinajstić information content (AvgIpc) is 2.15. The third-order valence-corrected chi connectivity index (χ3v) is 1.65. The lowest BCUT2D eigenvalue weighted by molar-refractivity contribution is 0.278. The summed E-state index contributed by atoms with van der Waals surface area (Å²) in [7, 11) is 0. The summed E-state index contributed by atoms with van der Waals surface area (Å²) in [4.78, 5) is 0. The molecular formula is C10H15FO2. The first-order valence-corrected chi connectivity index (χ1v) is 4.05. The van der Waals surface area contributed by atoms with Gasteiger partial charge in [0.15, 0.2) is 0 Å². The first-order chi connectivity index (χ1) is 6.15. The monoisotopic (exact) mass is 186 g/mol. The maximum absolute atomic E-state index is 13.1. The standard InChI is InChI=1S/C10H15FO2/c1-3-8(2)10(11)6-9(7-13)4-5-12/h3,6,12-13H,1,4-5,7H2,2H3/b9-6+,10-8+. The van der Waals surface area contributed by atoms with E-state index in [0.717, 1.165) is 0 Å². The quantitative estimate of drug-likeness (QED) is 0.642. The lowest BCUT2D eigenvalue weighted by atomic mass is 10.1. The summed E-state index contributed by atoms with van der Waals surface area (Å²) < 4.78 is 13.1. The normalized spacial score (nSPS) is 14.0. The number of hydrogen-bond donors (Lipinski definition) is 2. The van der Waals surface area contributed by atoms with Crippen LogP contribution in [0.3, 0.4) is 0 Å². The van der Waals surface area contributed by atoms with E-state index in [4.69, 9.17) is 10.2 Å². The third-order valence-electron chi connectivity index (χ3n) is 1.65. The Morgan fingerprint density at radius 1 is 1.46 bits per heavy atom. The van der Waals surface area contributed by atoms with Crippen molar-refractivity contribution in [2.75, 3.05) is 13.2 Å². The van der Waals surface area contributed by atoms with Gasteiger partial charge in [0.2, 0.25) is 0 Å². The zero-order chi connectivity index (χ0) is 10.3. The molecule has 0 aliphatic heterocycles. The Morgan fingerprint density at radius 2 is 2.08 bits per heavy atom. The van der Waals surface area contributed by atoms with Crippen molar-refractivity contribution in [1.29, 1.82) is 0 Å². The molecule has 0 radical (unpaired) electrons. The van der Waals surface area contributed by atoms with Crippen molar-refractivity contribution < 1.29 is 14.6 Å². The number of halogens is 1. The van der Waals surface area contributed by atoms with Crippen molar-refractivity contribution in [2.45, 2.75) is 13.3 Å². The Bertz CT molecular complexity index is 229. The fourth-order valence-electron chi connectivity index (χ4n) is 0.731. The van der Waals surface area contributed by atoms with E-state index in [0.29, 0.717) is 11.1 Å². The fourth-order valence-corrected chi connectivity index (χ4v) is 0.731. The van der Waals surface area contributed by atoms with Crippen LogP contribution in [0.25, 0.3) is 0 Å². The maximum atomic E-state index is 13.1. The van der Waals surface area contributed by atoms with Gasteiger partial charge in [-0.15, -0.1) is 0 Å². The topological polar surface area (TPSA) is 40.5 Å². The van der Waals surface area contributed by atoms with Crippen LogP contribution in [0.5, 0.6) is 0 Å². The first-order valence-electron chi connectivity index (χ1n) is 4.05. The minimum Gasteiger partial charge on any atom is -0.396 e. The van der Waals surface area contributed by atoms with Gasteiger partial charge in [-0.25, -0.2) is 4.39 Å². The smallest absolute Gasteiger partial charge is 0.126 e. The minimum absolute atomic E-state index is 0.0905. The van der Waals surface area contributed by atoms with Gasteiger partial charge < -0.3 is 10.2 Å². The van der Waals surface area contributed by atoms with E-state index in [2.05, 4.69) is 6.58 Å². The minimum atomic E-state index is -0.424. The van der Waals surface area contributed by atoms with E-state index in [-0.39, 0.29) is 19.6 Å². The average molecular weight is 186 g/mol. The van der Waals surface area contributed by atoms with Gasteiger partial charge in [-0.2, -0.15) is 0 Å². The SMILES string of the molecule is C=C/C(C)=C(F)\C=C(\CO)CCO. The predicted molar refractivity (Wildman–Crippen MR) is 50.9 cm³/mol. The first kappa shape index (κ1) is 12.1. The summed E-state index contributed by atoms with van der Waals surface area (Å²) >= 11 is 0. The van der Waals surface area contributed by atoms with Gasteiger partial charge in [0, 0.05) is 6.61 Å². The second kappa shape index (κ2) is 6.57. The molecular weight excluding hydrogens is 171 g/mol. The van der Waals surface area contributed by atoms with Crippen molar-refractivity contribution in [3.63, 3.8) is 0 Å². The number of allylic oxidation sites excluding steroid dienone is 4. The Balaban J connectivity index is 4.58. The number of aliphatic hydroxyl groups is 2. The van der Waals surface area contributed by atoms with Gasteiger partial charge in [-0.05, 0) is 30.6 Å². The van der Waals surface area contributed by atoms with Crippen molar-refractivity contribution in [3.05, 3.63) is 35.7 Å². The highest BCUT2D eigenvalue weighted by Crippen LogP contribution is 2.12. The lowest BCUT2D eigenvalue weighted by Gasteiger charge is -2.00. The molecule has 0 fully saturated rings. The Morgan fingerprint density at radius 3 is 2.46 bits per heavy atom. The summed E-state index contributed by atoms with van der Waals surface area (Å²) in [5.74, 6) is -0.424. The van der Waals surface area contributed by atoms with Crippen LogP contribution < -0.4 is 0 Å². The molecule has 0 atom stereocenters. The molecule has 3 heteroatoms. The van der Waals surface area contributed by atoms with Gasteiger partial charge in [-0.3, -0.25) is 0 Å².